The van der Waals surface area contributed by atoms with Crippen molar-refractivity contribution in [2.45, 2.75) is 18.8 Å². The minimum Gasteiger partial charge on any atom is -0.435 e. The Morgan fingerprint density at radius 3 is 3.07 bits per heavy atom. The first-order valence-electron chi connectivity index (χ1n) is 8.17. The number of thioether (sulfide) groups is 1. The molecule has 3 heterocycles. The molecule has 2 aromatic rings. The summed E-state index contributed by atoms with van der Waals surface area (Å²) in [6.07, 6.45) is 4.06. The van der Waals surface area contributed by atoms with Crippen molar-refractivity contribution >= 4 is 56.1 Å². The van der Waals surface area contributed by atoms with E-state index in [1.165, 1.54) is 11.8 Å². The smallest absolute Gasteiger partial charge is 0.340 e. The molecular weight excluding hydrogens is 477 g/mol. The van der Waals surface area contributed by atoms with Gasteiger partial charge >= 0.3 is 5.63 Å². The molecule has 27 heavy (non-hydrogen) atoms. The molecule has 4 rings (SSSR count). The molecule has 0 saturated carbocycles. The van der Waals surface area contributed by atoms with Gasteiger partial charge in [0, 0.05) is 35.3 Å². The first-order valence-corrected chi connectivity index (χ1v) is 13.0. The predicted molar refractivity (Wildman–Crippen MR) is 122 cm³/mol. The Balaban J connectivity index is 1.68. The zero-order valence-corrected chi connectivity index (χ0v) is 17.5. The molecule has 3 N–H and O–H groups in total. The van der Waals surface area contributed by atoms with E-state index < -0.39 is 18.9 Å². The monoisotopic (exact) mass is 495 g/mol. The lowest BCUT2D eigenvalue weighted by molar-refractivity contribution is 0.537. The second-order valence-electron chi connectivity index (χ2n) is 6.02. The van der Waals surface area contributed by atoms with E-state index in [0.29, 0.717) is 27.1 Å². The Hall–Kier alpha value is -2.04. The second-order valence-corrected chi connectivity index (χ2v) is 10.9. The number of rotatable bonds is 4. The number of aryl methyl sites for hydroxylation is 1. The molecule has 2 aliphatic rings. The van der Waals surface area contributed by atoms with Crippen LogP contribution in [-0.4, -0.2) is 20.0 Å². The lowest BCUT2D eigenvalue weighted by Crippen LogP contribution is -2.30. The Bertz CT molecular complexity index is 1160. The standard InChI is InChI=1S/C19H18IN3O3S/c1-11-14-5-4-13(25-18-20(2)6-3-7-22-18)9-16(14)26-17(24)15(11)8-12-10-27-19(21)23-12/h3-7,9-10,19,23H,2,8,21H2,1H3. The van der Waals surface area contributed by atoms with Crippen molar-refractivity contribution in [1.29, 1.82) is 0 Å². The van der Waals surface area contributed by atoms with Gasteiger partial charge in [0.2, 0.25) is 3.82 Å². The van der Waals surface area contributed by atoms with Gasteiger partial charge in [-0.2, -0.15) is 0 Å². The fraction of sp³-hybridized carbons (Fsp3) is 0.158. The van der Waals surface area contributed by atoms with Gasteiger partial charge in [0.15, 0.2) is 0 Å². The zero-order valence-electron chi connectivity index (χ0n) is 14.6. The molecule has 0 radical (unpaired) electrons. The van der Waals surface area contributed by atoms with E-state index in [2.05, 4.69) is 18.9 Å². The van der Waals surface area contributed by atoms with Crippen molar-refractivity contribution in [1.82, 2.24) is 5.32 Å². The minimum absolute atomic E-state index is 0.164. The van der Waals surface area contributed by atoms with Gasteiger partial charge in [0.05, 0.1) is 0 Å². The third-order valence-corrected chi connectivity index (χ3v) is 8.01. The predicted octanol–water partition coefficient (Wildman–Crippen LogP) is 3.07. The molecule has 1 atom stereocenters. The fourth-order valence-corrected chi connectivity index (χ4v) is 5.58. The summed E-state index contributed by atoms with van der Waals surface area (Å²) >= 11 is -0.228. The topological polar surface area (TPSA) is 89.8 Å². The van der Waals surface area contributed by atoms with Crippen LogP contribution in [0.15, 0.2) is 53.7 Å². The number of nitrogens with two attached hydrogens (primary N) is 1. The number of ether oxygens (including phenoxy) is 1. The van der Waals surface area contributed by atoms with Crippen LogP contribution in [0.25, 0.3) is 11.0 Å². The van der Waals surface area contributed by atoms with Gasteiger partial charge in [0.1, 0.15) is 16.8 Å². The normalized spacial score (nSPS) is 19.4. The van der Waals surface area contributed by atoms with Gasteiger partial charge in [-0.05, 0) is 40.2 Å². The van der Waals surface area contributed by atoms with Crippen molar-refractivity contribution in [2.24, 2.45) is 10.7 Å². The highest BCUT2D eigenvalue weighted by atomic mass is 127. The van der Waals surface area contributed by atoms with Crippen molar-refractivity contribution in [2.75, 3.05) is 0 Å². The van der Waals surface area contributed by atoms with Crippen LogP contribution in [0.3, 0.4) is 0 Å². The van der Waals surface area contributed by atoms with E-state index >= 15 is 0 Å². The van der Waals surface area contributed by atoms with Gasteiger partial charge in [-0.15, -0.1) is 0 Å². The molecule has 6 nitrogen and oxygen atoms in total. The van der Waals surface area contributed by atoms with Crippen LogP contribution >= 0.6 is 30.6 Å². The molecule has 0 saturated heterocycles. The lowest BCUT2D eigenvalue weighted by Gasteiger charge is -2.12. The number of hydrogen-bond donors (Lipinski definition) is 2. The van der Waals surface area contributed by atoms with E-state index in [-0.39, 0.29) is 11.1 Å². The summed E-state index contributed by atoms with van der Waals surface area (Å²) in [6, 6.07) is 5.51. The van der Waals surface area contributed by atoms with E-state index in [4.69, 9.17) is 14.9 Å². The van der Waals surface area contributed by atoms with Crippen LogP contribution in [-0.2, 0) is 6.42 Å². The molecule has 140 valence electrons. The summed E-state index contributed by atoms with van der Waals surface area (Å²) in [6.45, 7) is 1.93. The van der Waals surface area contributed by atoms with Gasteiger partial charge in [-0.3, -0.25) is 0 Å². The Kier molecular flexibility index (Phi) is 5.11. The highest BCUT2D eigenvalue weighted by Gasteiger charge is 2.18. The fourth-order valence-electron chi connectivity index (χ4n) is 2.84. The van der Waals surface area contributed by atoms with Crippen LogP contribution in [0.4, 0.5) is 0 Å². The maximum absolute atomic E-state index is 12.5. The average Bonchev–Trinajstić information content (AvgIpc) is 3.05. The molecule has 2 aliphatic heterocycles. The number of halogens is 1. The maximum atomic E-state index is 12.5. The van der Waals surface area contributed by atoms with Crippen LogP contribution < -0.4 is 21.4 Å². The SMILES string of the molecule is C=I1=C(Oc2ccc3c(C)c(CC4=CSC(N)N4)c(=O)oc3c2)N=CC=C1. The largest absolute Gasteiger partial charge is 0.435 e. The first kappa shape index (κ1) is 18.3. The van der Waals surface area contributed by atoms with Gasteiger partial charge in [-0.25, -0.2) is 9.79 Å². The number of nitrogens with zero attached hydrogens (tertiary/aromatic N) is 1. The summed E-state index contributed by atoms with van der Waals surface area (Å²) < 4.78 is 18.3. The van der Waals surface area contributed by atoms with E-state index in [9.17, 15) is 4.79 Å². The molecule has 0 fully saturated rings. The van der Waals surface area contributed by atoms with Crippen LogP contribution in [0.1, 0.15) is 11.1 Å². The van der Waals surface area contributed by atoms with E-state index in [1.54, 1.807) is 12.3 Å². The number of fused-ring (bicyclic) bond motifs is 1. The average molecular weight is 495 g/mol. The summed E-state index contributed by atoms with van der Waals surface area (Å²) in [5.74, 6) is 0.591. The van der Waals surface area contributed by atoms with Gasteiger partial charge in [-0.1, -0.05) is 35.1 Å². The molecule has 0 spiro atoms. The third kappa shape index (κ3) is 3.83. The Morgan fingerprint density at radius 1 is 1.48 bits per heavy atom. The number of nitrogens with one attached hydrogen (secondary N) is 1. The molecular formula is C19H18IN3O3S. The Labute approximate surface area is 166 Å². The van der Waals surface area contributed by atoms with Crippen molar-refractivity contribution < 1.29 is 9.15 Å². The quantitative estimate of drug-likeness (QED) is 0.501. The Morgan fingerprint density at radius 2 is 2.33 bits per heavy atom. The molecule has 0 amide bonds. The highest BCUT2D eigenvalue weighted by Crippen LogP contribution is 2.28. The number of allylic oxidation sites excluding steroid dienone is 2. The lowest BCUT2D eigenvalue weighted by atomic mass is 10.0. The summed E-state index contributed by atoms with van der Waals surface area (Å²) in [5.41, 5.74) is 8.26. The molecule has 1 aromatic carbocycles. The van der Waals surface area contributed by atoms with Crippen molar-refractivity contribution in [3.63, 3.8) is 0 Å². The van der Waals surface area contributed by atoms with E-state index in [1.807, 2.05) is 30.5 Å². The molecule has 8 heteroatoms. The van der Waals surface area contributed by atoms with Crippen LogP contribution in [0.2, 0.25) is 0 Å². The van der Waals surface area contributed by atoms with Crippen LogP contribution in [0, 0.1) is 6.92 Å². The number of benzene rings is 1. The van der Waals surface area contributed by atoms with Gasteiger partial charge in [0.25, 0.3) is 0 Å². The van der Waals surface area contributed by atoms with Crippen LogP contribution in [0.5, 0.6) is 5.75 Å². The molecule has 1 aromatic heterocycles. The molecule has 0 bridgehead atoms. The summed E-state index contributed by atoms with van der Waals surface area (Å²) in [4.78, 5) is 16.8. The second kappa shape index (κ2) is 7.53. The maximum Gasteiger partial charge on any atom is 0.340 e. The van der Waals surface area contributed by atoms with Gasteiger partial charge < -0.3 is 20.2 Å². The van der Waals surface area contributed by atoms with Crippen molar-refractivity contribution in [3.8, 4) is 5.75 Å². The first-order chi connectivity index (χ1) is 13.0. The number of hydrogen-bond acceptors (Lipinski definition) is 7. The van der Waals surface area contributed by atoms with E-state index in [0.717, 1.165) is 16.6 Å². The zero-order chi connectivity index (χ0) is 19.0. The summed E-state index contributed by atoms with van der Waals surface area (Å²) in [5, 5.41) is 5.97. The number of aliphatic imine (C=N–C) groups is 1. The van der Waals surface area contributed by atoms with Crippen molar-refractivity contribution in [3.05, 3.63) is 61.0 Å². The summed E-state index contributed by atoms with van der Waals surface area (Å²) in [7, 11) is 0. The molecule has 0 aliphatic carbocycles. The minimum atomic E-state index is -1.72. The third-order valence-electron chi connectivity index (χ3n) is 4.21. The highest BCUT2D eigenvalue weighted by molar-refractivity contribution is 14.2. The molecule has 1 unspecified atom stereocenters.